The van der Waals surface area contributed by atoms with Gasteiger partial charge in [0.15, 0.2) is 0 Å². The maximum Gasteiger partial charge on any atom is 0.227 e. The predicted molar refractivity (Wildman–Crippen MR) is 83.9 cm³/mol. The second kappa shape index (κ2) is 5.78. The van der Waals surface area contributed by atoms with Crippen LogP contribution in [0.5, 0.6) is 11.5 Å². The number of benzene rings is 2. The largest absolute Gasteiger partial charge is 0.456 e. The molecule has 1 aliphatic rings. The Morgan fingerprint density at radius 1 is 1.19 bits per heavy atom. The van der Waals surface area contributed by atoms with Crippen molar-refractivity contribution >= 4 is 23.2 Å². The molecule has 0 spiro atoms. The fourth-order valence-electron chi connectivity index (χ4n) is 2.18. The highest BCUT2D eigenvalue weighted by molar-refractivity contribution is 6.32. The van der Waals surface area contributed by atoms with Crippen LogP contribution < -0.4 is 10.1 Å². The van der Waals surface area contributed by atoms with Crippen LogP contribution in [0.15, 0.2) is 48.5 Å². The Kier molecular flexibility index (Phi) is 3.84. The van der Waals surface area contributed by atoms with Crippen molar-refractivity contribution in [3.63, 3.8) is 0 Å². The number of amides is 1. The molecule has 0 aliphatic heterocycles. The lowest BCUT2D eigenvalue weighted by Gasteiger charge is -2.09. The van der Waals surface area contributed by atoms with Gasteiger partial charge in [0.25, 0.3) is 0 Å². The summed E-state index contributed by atoms with van der Waals surface area (Å²) in [7, 11) is 0. The van der Waals surface area contributed by atoms with Crippen LogP contribution in [0.3, 0.4) is 0 Å². The van der Waals surface area contributed by atoms with Gasteiger partial charge in [-0.25, -0.2) is 0 Å². The summed E-state index contributed by atoms with van der Waals surface area (Å²) < 4.78 is 5.70. The van der Waals surface area contributed by atoms with E-state index in [0.717, 1.165) is 12.1 Å². The molecule has 0 unspecified atom stereocenters. The lowest BCUT2D eigenvalue weighted by atomic mass is 10.2. The lowest BCUT2D eigenvalue weighted by Crippen LogP contribution is -2.14. The number of para-hydroxylation sites is 1. The molecule has 0 heterocycles. The number of rotatable bonds is 4. The quantitative estimate of drug-likeness (QED) is 0.887. The third-order valence-electron chi connectivity index (χ3n) is 3.63. The highest BCUT2D eigenvalue weighted by Crippen LogP contribution is 2.38. The molecule has 108 valence electrons. The fourth-order valence-corrected chi connectivity index (χ4v) is 2.36. The molecule has 0 bridgehead atoms. The number of hydrogen-bond acceptors (Lipinski definition) is 2. The van der Waals surface area contributed by atoms with Crippen LogP contribution in [0.4, 0.5) is 5.69 Å². The summed E-state index contributed by atoms with van der Waals surface area (Å²) in [5.74, 6) is 2.07. The van der Waals surface area contributed by atoms with Crippen LogP contribution in [0.2, 0.25) is 5.02 Å². The number of carbonyl (C=O) groups excluding carboxylic acids is 1. The predicted octanol–water partition coefficient (Wildman–Crippen LogP) is 4.73. The number of ether oxygens (including phenoxy) is 1. The summed E-state index contributed by atoms with van der Waals surface area (Å²) in [6.07, 6.45) is 0.986. The molecular weight excluding hydrogens is 286 g/mol. The number of hydrogen-bond donors (Lipinski definition) is 1. The van der Waals surface area contributed by atoms with Crippen LogP contribution in [0.25, 0.3) is 0 Å². The van der Waals surface area contributed by atoms with Crippen LogP contribution in [0, 0.1) is 11.8 Å². The molecule has 0 aromatic heterocycles. The SMILES string of the molecule is C[C@@H]1C[C@@H]1C(=O)Nc1ccc(Oc2ccccc2Cl)cc1. The minimum absolute atomic E-state index is 0.0993. The average Bonchev–Trinajstić information content (AvgIpc) is 3.21. The summed E-state index contributed by atoms with van der Waals surface area (Å²) in [6.45, 7) is 2.09. The van der Waals surface area contributed by atoms with E-state index in [-0.39, 0.29) is 11.8 Å². The third-order valence-corrected chi connectivity index (χ3v) is 3.94. The van der Waals surface area contributed by atoms with Crippen molar-refractivity contribution in [3.05, 3.63) is 53.6 Å². The van der Waals surface area contributed by atoms with Crippen molar-refractivity contribution in [2.75, 3.05) is 5.32 Å². The fraction of sp³-hybridized carbons (Fsp3) is 0.235. The lowest BCUT2D eigenvalue weighted by molar-refractivity contribution is -0.117. The number of halogens is 1. The second-order valence-corrected chi connectivity index (χ2v) is 5.77. The Balaban J connectivity index is 1.64. The molecule has 1 N–H and O–H groups in total. The van der Waals surface area contributed by atoms with Gasteiger partial charge in [0.1, 0.15) is 11.5 Å². The summed E-state index contributed by atoms with van der Waals surface area (Å²) in [5, 5.41) is 3.48. The number of anilines is 1. The van der Waals surface area contributed by atoms with Crippen molar-refractivity contribution in [2.45, 2.75) is 13.3 Å². The summed E-state index contributed by atoms with van der Waals surface area (Å²) in [6, 6.07) is 14.6. The maximum atomic E-state index is 11.8. The second-order valence-electron chi connectivity index (χ2n) is 5.37. The van der Waals surface area contributed by atoms with Gasteiger partial charge in [-0.05, 0) is 48.7 Å². The van der Waals surface area contributed by atoms with Crippen molar-refractivity contribution < 1.29 is 9.53 Å². The Labute approximate surface area is 128 Å². The van der Waals surface area contributed by atoms with Gasteiger partial charge in [0.2, 0.25) is 5.91 Å². The first-order valence-electron chi connectivity index (χ1n) is 6.97. The van der Waals surface area contributed by atoms with Crippen molar-refractivity contribution in [3.8, 4) is 11.5 Å². The minimum atomic E-state index is 0.0993. The van der Waals surface area contributed by atoms with E-state index in [1.165, 1.54) is 0 Å². The highest BCUT2D eigenvalue weighted by atomic mass is 35.5. The van der Waals surface area contributed by atoms with E-state index < -0.39 is 0 Å². The van der Waals surface area contributed by atoms with E-state index in [0.29, 0.717) is 22.4 Å². The van der Waals surface area contributed by atoms with Crippen LogP contribution in [0.1, 0.15) is 13.3 Å². The molecule has 0 saturated heterocycles. The van der Waals surface area contributed by atoms with Crippen molar-refractivity contribution in [2.24, 2.45) is 11.8 Å². The first-order valence-corrected chi connectivity index (χ1v) is 7.34. The van der Waals surface area contributed by atoms with Crippen LogP contribution >= 0.6 is 11.6 Å². The maximum absolute atomic E-state index is 11.8. The monoisotopic (exact) mass is 301 g/mol. The van der Waals surface area contributed by atoms with Gasteiger partial charge in [-0.3, -0.25) is 4.79 Å². The molecule has 4 heteroatoms. The van der Waals surface area contributed by atoms with Gasteiger partial charge >= 0.3 is 0 Å². The van der Waals surface area contributed by atoms with Gasteiger partial charge in [-0.15, -0.1) is 0 Å². The summed E-state index contributed by atoms with van der Waals surface area (Å²) in [4.78, 5) is 11.8. The molecule has 1 fully saturated rings. The molecule has 2 aromatic carbocycles. The minimum Gasteiger partial charge on any atom is -0.456 e. The molecule has 0 radical (unpaired) electrons. The first kappa shape index (κ1) is 14.0. The number of nitrogens with one attached hydrogen (secondary N) is 1. The van der Waals surface area contributed by atoms with Crippen molar-refractivity contribution in [1.82, 2.24) is 0 Å². The Hall–Kier alpha value is -2.00. The van der Waals surface area contributed by atoms with E-state index in [9.17, 15) is 4.79 Å². The Morgan fingerprint density at radius 3 is 2.48 bits per heavy atom. The van der Waals surface area contributed by atoms with Crippen LogP contribution in [-0.4, -0.2) is 5.91 Å². The van der Waals surface area contributed by atoms with Gasteiger partial charge in [0.05, 0.1) is 5.02 Å². The smallest absolute Gasteiger partial charge is 0.227 e. The van der Waals surface area contributed by atoms with Gasteiger partial charge in [-0.2, -0.15) is 0 Å². The standard InChI is InChI=1S/C17H16ClNO2/c1-11-10-14(11)17(20)19-12-6-8-13(9-7-12)21-16-5-3-2-4-15(16)18/h2-9,11,14H,10H2,1H3,(H,19,20)/t11-,14+/m1/s1. The molecular formula is C17H16ClNO2. The Bertz CT molecular complexity index is 654. The molecule has 2 aromatic rings. The molecule has 3 nitrogen and oxygen atoms in total. The zero-order valence-electron chi connectivity index (χ0n) is 11.7. The third kappa shape index (κ3) is 3.37. The van der Waals surface area contributed by atoms with Crippen LogP contribution in [-0.2, 0) is 4.79 Å². The summed E-state index contributed by atoms with van der Waals surface area (Å²) in [5.41, 5.74) is 0.783. The van der Waals surface area contributed by atoms with Gasteiger partial charge in [-0.1, -0.05) is 30.7 Å². The first-order chi connectivity index (χ1) is 10.1. The highest BCUT2D eigenvalue weighted by Gasteiger charge is 2.38. The zero-order chi connectivity index (χ0) is 14.8. The topological polar surface area (TPSA) is 38.3 Å². The average molecular weight is 302 g/mol. The zero-order valence-corrected chi connectivity index (χ0v) is 12.4. The summed E-state index contributed by atoms with van der Waals surface area (Å²) >= 11 is 6.05. The van der Waals surface area contributed by atoms with Gasteiger partial charge in [0, 0.05) is 11.6 Å². The van der Waals surface area contributed by atoms with E-state index in [1.807, 2.05) is 42.5 Å². The van der Waals surface area contributed by atoms with E-state index in [1.54, 1.807) is 6.07 Å². The van der Waals surface area contributed by atoms with E-state index in [2.05, 4.69) is 12.2 Å². The molecule has 21 heavy (non-hydrogen) atoms. The van der Waals surface area contributed by atoms with Gasteiger partial charge < -0.3 is 10.1 Å². The van der Waals surface area contributed by atoms with Crippen molar-refractivity contribution in [1.29, 1.82) is 0 Å². The molecule has 1 saturated carbocycles. The normalized spacial score (nSPS) is 19.9. The molecule has 2 atom stereocenters. The molecule has 1 amide bonds. The van der Waals surface area contributed by atoms with E-state index in [4.69, 9.17) is 16.3 Å². The molecule has 3 rings (SSSR count). The van der Waals surface area contributed by atoms with E-state index >= 15 is 0 Å². The number of carbonyl (C=O) groups is 1. The molecule has 1 aliphatic carbocycles. The Morgan fingerprint density at radius 2 is 1.86 bits per heavy atom.